The molecule has 2 N–H and O–H groups in total. The van der Waals surface area contributed by atoms with Crippen LogP contribution in [0.2, 0.25) is 0 Å². The number of methoxy groups -OCH3 is 1. The zero-order valence-corrected chi connectivity index (χ0v) is 12.0. The van der Waals surface area contributed by atoms with Crippen LogP contribution >= 0.6 is 0 Å². The Kier molecular flexibility index (Phi) is 5.67. The SMILES string of the molecule is COc1cccc(C(CCCN)N2CCCCC2)c1. The first kappa shape index (κ1) is 14.4. The molecule has 1 heterocycles. The molecule has 0 radical (unpaired) electrons. The zero-order valence-electron chi connectivity index (χ0n) is 12.0. The summed E-state index contributed by atoms with van der Waals surface area (Å²) in [5.74, 6) is 0.951. The van der Waals surface area contributed by atoms with Gasteiger partial charge in [0.25, 0.3) is 0 Å². The summed E-state index contributed by atoms with van der Waals surface area (Å²) < 4.78 is 5.35. The lowest BCUT2D eigenvalue weighted by molar-refractivity contribution is 0.154. The Hall–Kier alpha value is -1.06. The fourth-order valence-electron chi connectivity index (χ4n) is 2.95. The van der Waals surface area contributed by atoms with Crippen LogP contribution < -0.4 is 10.5 Å². The number of hydrogen-bond donors (Lipinski definition) is 1. The van der Waals surface area contributed by atoms with Crippen LogP contribution in [0.4, 0.5) is 0 Å². The molecule has 1 aromatic carbocycles. The van der Waals surface area contributed by atoms with E-state index in [-0.39, 0.29) is 0 Å². The summed E-state index contributed by atoms with van der Waals surface area (Å²) in [4.78, 5) is 2.62. The first-order valence-electron chi connectivity index (χ1n) is 7.43. The second-order valence-corrected chi connectivity index (χ2v) is 5.32. The topological polar surface area (TPSA) is 38.5 Å². The van der Waals surface area contributed by atoms with Crippen LogP contribution in [0.15, 0.2) is 24.3 Å². The fraction of sp³-hybridized carbons (Fsp3) is 0.625. The normalized spacial score (nSPS) is 18.2. The maximum absolute atomic E-state index is 5.70. The van der Waals surface area contributed by atoms with Crippen LogP contribution in [-0.4, -0.2) is 31.6 Å². The fourth-order valence-corrected chi connectivity index (χ4v) is 2.95. The molecule has 1 atom stereocenters. The summed E-state index contributed by atoms with van der Waals surface area (Å²) >= 11 is 0. The van der Waals surface area contributed by atoms with Crippen molar-refractivity contribution in [1.82, 2.24) is 4.90 Å². The summed E-state index contributed by atoms with van der Waals surface area (Å²) in [5, 5.41) is 0. The van der Waals surface area contributed by atoms with Crippen molar-refractivity contribution < 1.29 is 4.74 Å². The Morgan fingerprint density at radius 3 is 2.74 bits per heavy atom. The van der Waals surface area contributed by atoms with Gasteiger partial charge in [0.15, 0.2) is 0 Å². The van der Waals surface area contributed by atoms with Crippen LogP contribution in [0.3, 0.4) is 0 Å². The summed E-state index contributed by atoms with van der Waals surface area (Å²) in [7, 11) is 1.73. The second-order valence-electron chi connectivity index (χ2n) is 5.32. The van der Waals surface area contributed by atoms with Crippen molar-refractivity contribution >= 4 is 0 Å². The van der Waals surface area contributed by atoms with Crippen LogP contribution in [0.1, 0.15) is 43.7 Å². The van der Waals surface area contributed by atoms with Gasteiger partial charge in [0, 0.05) is 6.04 Å². The van der Waals surface area contributed by atoms with Gasteiger partial charge in [-0.15, -0.1) is 0 Å². The quantitative estimate of drug-likeness (QED) is 0.856. The van der Waals surface area contributed by atoms with Crippen molar-refractivity contribution in [3.05, 3.63) is 29.8 Å². The highest BCUT2D eigenvalue weighted by Gasteiger charge is 2.21. The van der Waals surface area contributed by atoms with E-state index in [0.29, 0.717) is 6.04 Å². The molecule has 0 bridgehead atoms. The molecule has 0 saturated carbocycles. The molecule has 3 heteroatoms. The molecule has 1 saturated heterocycles. The largest absolute Gasteiger partial charge is 0.497 e. The number of hydrogen-bond acceptors (Lipinski definition) is 3. The highest BCUT2D eigenvalue weighted by Crippen LogP contribution is 2.30. The number of likely N-dealkylation sites (tertiary alicyclic amines) is 1. The molecule has 19 heavy (non-hydrogen) atoms. The summed E-state index contributed by atoms with van der Waals surface area (Å²) in [5.41, 5.74) is 7.07. The third-order valence-electron chi connectivity index (χ3n) is 3.99. The molecule has 2 rings (SSSR count). The van der Waals surface area contributed by atoms with E-state index in [2.05, 4.69) is 23.1 Å². The van der Waals surface area contributed by atoms with Gasteiger partial charge in [-0.2, -0.15) is 0 Å². The van der Waals surface area contributed by atoms with Crippen molar-refractivity contribution in [2.45, 2.75) is 38.1 Å². The molecule has 0 aromatic heterocycles. The maximum Gasteiger partial charge on any atom is 0.119 e. The highest BCUT2D eigenvalue weighted by atomic mass is 16.5. The van der Waals surface area contributed by atoms with Gasteiger partial charge in [0.2, 0.25) is 0 Å². The van der Waals surface area contributed by atoms with Crippen molar-refractivity contribution in [3.8, 4) is 5.75 Å². The lowest BCUT2D eigenvalue weighted by atomic mass is 9.97. The van der Waals surface area contributed by atoms with Crippen molar-refractivity contribution in [2.75, 3.05) is 26.7 Å². The van der Waals surface area contributed by atoms with Crippen LogP contribution in [-0.2, 0) is 0 Å². The number of rotatable bonds is 6. The average Bonchev–Trinajstić information content (AvgIpc) is 2.49. The first-order valence-corrected chi connectivity index (χ1v) is 7.43. The molecule has 1 aliphatic heterocycles. The summed E-state index contributed by atoms with van der Waals surface area (Å²) in [6, 6.07) is 9.00. The molecule has 3 nitrogen and oxygen atoms in total. The lowest BCUT2D eigenvalue weighted by Gasteiger charge is -2.35. The highest BCUT2D eigenvalue weighted by molar-refractivity contribution is 5.30. The van der Waals surface area contributed by atoms with E-state index in [9.17, 15) is 0 Å². The number of benzene rings is 1. The van der Waals surface area contributed by atoms with Crippen molar-refractivity contribution in [1.29, 1.82) is 0 Å². The van der Waals surface area contributed by atoms with E-state index < -0.39 is 0 Å². The van der Waals surface area contributed by atoms with Gasteiger partial charge < -0.3 is 10.5 Å². The van der Waals surface area contributed by atoms with Crippen LogP contribution in [0.25, 0.3) is 0 Å². The van der Waals surface area contributed by atoms with E-state index in [4.69, 9.17) is 10.5 Å². The zero-order chi connectivity index (χ0) is 13.5. The van der Waals surface area contributed by atoms with Crippen LogP contribution in [0.5, 0.6) is 5.75 Å². The number of nitrogens with two attached hydrogens (primary N) is 1. The second kappa shape index (κ2) is 7.51. The Labute approximate surface area is 116 Å². The van der Waals surface area contributed by atoms with Gasteiger partial charge in [-0.05, 0) is 63.0 Å². The monoisotopic (exact) mass is 262 g/mol. The Morgan fingerprint density at radius 1 is 1.26 bits per heavy atom. The maximum atomic E-state index is 5.70. The average molecular weight is 262 g/mol. The van der Waals surface area contributed by atoms with E-state index in [0.717, 1.165) is 25.1 Å². The summed E-state index contributed by atoms with van der Waals surface area (Å²) in [6.07, 6.45) is 6.24. The molecular weight excluding hydrogens is 236 g/mol. The number of nitrogens with zero attached hydrogens (tertiary/aromatic N) is 1. The lowest BCUT2D eigenvalue weighted by Crippen LogP contribution is -2.34. The van der Waals surface area contributed by atoms with Gasteiger partial charge in [-0.25, -0.2) is 0 Å². The smallest absolute Gasteiger partial charge is 0.119 e. The first-order chi connectivity index (χ1) is 9.35. The van der Waals surface area contributed by atoms with Gasteiger partial charge in [-0.1, -0.05) is 18.6 Å². The van der Waals surface area contributed by atoms with Crippen molar-refractivity contribution in [3.63, 3.8) is 0 Å². The van der Waals surface area contributed by atoms with E-state index in [1.807, 2.05) is 6.07 Å². The van der Waals surface area contributed by atoms with Gasteiger partial charge in [0.05, 0.1) is 7.11 Å². The molecule has 0 aliphatic carbocycles. The molecule has 0 spiro atoms. The predicted molar refractivity (Wildman–Crippen MR) is 79.4 cm³/mol. The molecule has 1 unspecified atom stereocenters. The molecule has 1 aliphatic rings. The van der Waals surface area contributed by atoms with E-state index in [1.54, 1.807) is 7.11 Å². The van der Waals surface area contributed by atoms with Crippen LogP contribution in [0, 0.1) is 0 Å². The molecule has 0 amide bonds. The minimum Gasteiger partial charge on any atom is -0.497 e. The molecule has 106 valence electrons. The van der Waals surface area contributed by atoms with Gasteiger partial charge in [-0.3, -0.25) is 4.90 Å². The Bertz CT molecular complexity index is 375. The molecule has 1 fully saturated rings. The Morgan fingerprint density at radius 2 is 2.05 bits per heavy atom. The van der Waals surface area contributed by atoms with E-state index >= 15 is 0 Å². The molecule has 1 aromatic rings. The molecular formula is C16H26N2O. The van der Waals surface area contributed by atoms with Gasteiger partial charge in [0.1, 0.15) is 5.75 Å². The minimum absolute atomic E-state index is 0.499. The van der Waals surface area contributed by atoms with Gasteiger partial charge >= 0.3 is 0 Å². The third kappa shape index (κ3) is 3.95. The standard InChI is InChI=1S/C16H26N2O/c1-19-15-8-5-7-14(13-15)16(9-6-10-17)18-11-3-2-4-12-18/h5,7-8,13,16H,2-4,6,9-12,17H2,1H3. The third-order valence-corrected chi connectivity index (χ3v) is 3.99. The Balaban J connectivity index is 2.14. The summed E-state index contributed by atoms with van der Waals surface area (Å²) in [6.45, 7) is 3.20. The number of piperidine rings is 1. The predicted octanol–water partition coefficient (Wildman–Crippen LogP) is 2.96. The van der Waals surface area contributed by atoms with Crippen molar-refractivity contribution in [2.24, 2.45) is 5.73 Å². The number of ether oxygens (including phenoxy) is 1. The van der Waals surface area contributed by atoms with E-state index in [1.165, 1.54) is 37.9 Å². The minimum atomic E-state index is 0.499.